The van der Waals surface area contributed by atoms with Gasteiger partial charge in [0.25, 0.3) is 0 Å². The van der Waals surface area contributed by atoms with Gasteiger partial charge in [0.2, 0.25) is 0 Å². The minimum Gasteiger partial charge on any atom is -0.490 e. The number of hydrogen-bond acceptors (Lipinski definition) is 6. The maximum atomic E-state index is 16.2. The Balaban J connectivity index is 1.70. The minimum atomic E-state index is -0.656. The number of aliphatic hydroxyl groups excluding tert-OH is 1. The molecule has 0 aliphatic carbocycles. The van der Waals surface area contributed by atoms with Gasteiger partial charge < -0.3 is 24.4 Å². The van der Waals surface area contributed by atoms with Gasteiger partial charge in [-0.25, -0.2) is 4.39 Å². The summed E-state index contributed by atoms with van der Waals surface area (Å²) in [4.78, 5) is 18.6. The molecule has 44 heavy (non-hydrogen) atoms. The third-order valence-electron chi connectivity index (χ3n) is 8.89. The van der Waals surface area contributed by atoms with Crippen LogP contribution in [-0.4, -0.2) is 55.2 Å². The van der Waals surface area contributed by atoms with Crippen molar-refractivity contribution in [2.75, 3.05) is 44.4 Å². The Labute approximate surface area is 263 Å². The Morgan fingerprint density at radius 3 is 2.45 bits per heavy atom. The molecule has 2 aromatic carbocycles. The summed E-state index contributed by atoms with van der Waals surface area (Å²) in [5.74, 6) is 0.0429. The predicted molar refractivity (Wildman–Crippen MR) is 177 cm³/mol. The van der Waals surface area contributed by atoms with Crippen LogP contribution in [0.4, 0.5) is 10.1 Å². The molecule has 0 amide bonds. The van der Waals surface area contributed by atoms with Gasteiger partial charge in [0, 0.05) is 42.2 Å². The minimum absolute atomic E-state index is 0.00905. The number of halogens is 1. The van der Waals surface area contributed by atoms with Crippen LogP contribution in [0, 0.1) is 5.82 Å². The molecular formula is C37H51FN2O4. The van der Waals surface area contributed by atoms with Crippen LogP contribution in [0.2, 0.25) is 0 Å². The molecule has 2 aromatic rings. The summed E-state index contributed by atoms with van der Waals surface area (Å²) in [6, 6.07) is 8.16. The largest absolute Gasteiger partial charge is 0.490 e. The fourth-order valence-electron chi connectivity index (χ4n) is 6.43. The van der Waals surface area contributed by atoms with E-state index < -0.39 is 11.4 Å². The Bertz CT molecular complexity index is 1420. The van der Waals surface area contributed by atoms with Crippen molar-refractivity contribution in [3.05, 3.63) is 70.1 Å². The summed E-state index contributed by atoms with van der Waals surface area (Å²) in [5.41, 5.74) is 5.30. The Hall–Kier alpha value is -3.32. The smallest absolute Gasteiger partial charge is 0.197 e. The molecular weight excluding hydrogens is 555 g/mol. The second kappa shape index (κ2) is 13.8. The number of fused-ring (bicyclic) bond motifs is 1. The zero-order chi connectivity index (χ0) is 32.2. The van der Waals surface area contributed by atoms with Gasteiger partial charge in [0.15, 0.2) is 23.1 Å². The number of ether oxygens (including phenoxy) is 2. The number of carbonyl (C=O) groups is 1. The number of anilines is 1. The summed E-state index contributed by atoms with van der Waals surface area (Å²) in [5, 5.41) is 9.38. The van der Waals surface area contributed by atoms with Gasteiger partial charge in [-0.2, -0.15) is 0 Å². The monoisotopic (exact) mass is 606 g/mol. The molecule has 0 bridgehead atoms. The Morgan fingerprint density at radius 2 is 1.82 bits per heavy atom. The van der Waals surface area contributed by atoms with Gasteiger partial charge >= 0.3 is 0 Å². The molecule has 4 rings (SSSR count). The topological polar surface area (TPSA) is 62.2 Å². The lowest BCUT2D eigenvalue weighted by atomic mass is 9.85. The fourth-order valence-corrected chi connectivity index (χ4v) is 6.43. The Kier molecular flexibility index (Phi) is 10.5. The highest BCUT2D eigenvalue weighted by molar-refractivity contribution is 6.00. The summed E-state index contributed by atoms with van der Waals surface area (Å²) in [7, 11) is 0. The lowest BCUT2D eigenvalue weighted by Crippen LogP contribution is -2.38. The zero-order valence-corrected chi connectivity index (χ0v) is 28.0. The van der Waals surface area contributed by atoms with Crippen LogP contribution in [0.25, 0.3) is 5.70 Å². The zero-order valence-electron chi connectivity index (χ0n) is 28.0. The van der Waals surface area contributed by atoms with Crippen molar-refractivity contribution in [2.24, 2.45) is 0 Å². The molecule has 2 heterocycles. The first kappa shape index (κ1) is 33.6. The SMILES string of the molecule is CC=C1c2c(cc(OCC)c(OCC)c2F)C(C)(C)N1CC(=O)c1cc(N2CCC=C(CCO)CCC2)cc(C(C)(C)C)c1. The number of carbonyl (C=O) groups excluding carboxylic acids is 1. The maximum absolute atomic E-state index is 16.2. The van der Waals surface area contributed by atoms with E-state index >= 15 is 4.39 Å². The third-order valence-corrected chi connectivity index (χ3v) is 8.89. The normalized spacial score (nSPS) is 17.7. The highest BCUT2D eigenvalue weighted by atomic mass is 19.1. The van der Waals surface area contributed by atoms with Crippen LogP contribution in [-0.2, 0) is 11.0 Å². The van der Waals surface area contributed by atoms with E-state index in [0.29, 0.717) is 35.8 Å². The molecule has 0 saturated heterocycles. The summed E-state index contributed by atoms with van der Waals surface area (Å²) < 4.78 is 27.7. The van der Waals surface area contributed by atoms with E-state index in [9.17, 15) is 9.90 Å². The van der Waals surface area contributed by atoms with Crippen molar-refractivity contribution in [1.29, 1.82) is 0 Å². The van der Waals surface area contributed by atoms with E-state index in [1.165, 1.54) is 5.57 Å². The standard InChI is InChI=1S/C37H51FN2O4/c1-9-30-33-29(23-32(43-10-2)35(34(33)38)44-11-3)37(7,8)40(30)24-31(42)26-20-27(36(4,5)6)22-28(21-26)39-17-12-14-25(16-19-41)15-13-18-39/h9,14,20-23,41H,10-13,15-19,24H2,1-8H3. The summed E-state index contributed by atoms with van der Waals surface area (Å²) in [6.07, 6.45) is 7.77. The molecule has 1 N–H and O–H groups in total. The van der Waals surface area contributed by atoms with Crippen LogP contribution < -0.4 is 14.4 Å². The number of rotatable bonds is 10. The van der Waals surface area contributed by atoms with E-state index in [4.69, 9.17) is 9.47 Å². The van der Waals surface area contributed by atoms with E-state index in [-0.39, 0.29) is 30.1 Å². The van der Waals surface area contributed by atoms with Gasteiger partial charge in [-0.3, -0.25) is 4.79 Å². The molecule has 0 unspecified atom stereocenters. The highest BCUT2D eigenvalue weighted by Gasteiger charge is 2.44. The fraction of sp³-hybridized carbons (Fsp3) is 0.541. The van der Waals surface area contributed by atoms with Gasteiger partial charge in [0.1, 0.15) is 0 Å². The van der Waals surface area contributed by atoms with Gasteiger partial charge in [-0.05, 0) is 101 Å². The van der Waals surface area contributed by atoms with Crippen LogP contribution in [0.15, 0.2) is 42.0 Å². The predicted octanol–water partition coefficient (Wildman–Crippen LogP) is 8.01. The van der Waals surface area contributed by atoms with E-state index in [0.717, 1.165) is 55.6 Å². The lowest BCUT2D eigenvalue weighted by Gasteiger charge is -2.35. The van der Waals surface area contributed by atoms with Crippen molar-refractivity contribution in [2.45, 2.75) is 92.0 Å². The molecule has 0 spiro atoms. The van der Waals surface area contributed by atoms with Crippen LogP contribution in [0.1, 0.15) is 108 Å². The summed E-state index contributed by atoms with van der Waals surface area (Å²) >= 11 is 0. The average molecular weight is 607 g/mol. The molecule has 0 fully saturated rings. The first-order chi connectivity index (χ1) is 20.9. The molecule has 0 atom stereocenters. The van der Waals surface area contributed by atoms with Gasteiger partial charge in [-0.1, -0.05) is 38.5 Å². The van der Waals surface area contributed by atoms with E-state index in [1.807, 2.05) is 63.8 Å². The first-order valence-electron chi connectivity index (χ1n) is 16.2. The number of Topliss-reactive ketones (excluding diaryl/α,β-unsaturated/α-hetero) is 1. The second-order valence-electron chi connectivity index (χ2n) is 13.3. The van der Waals surface area contributed by atoms with E-state index in [1.54, 1.807) is 0 Å². The van der Waals surface area contributed by atoms with Crippen LogP contribution >= 0.6 is 0 Å². The number of ketones is 1. The van der Waals surface area contributed by atoms with Crippen molar-refractivity contribution in [3.63, 3.8) is 0 Å². The van der Waals surface area contributed by atoms with Crippen LogP contribution in [0.5, 0.6) is 11.5 Å². The molecule has 6 nitrogen and oxygen atoms in total. The third kappa shape index (κ3) is 6.83. The Morgan fingerprint density at radius 1 is 1.09 bits per heavy atom. The van der Waals surface area contributed by atoms with Crippen molar-refractivity contribution in [3.8, 4) is 11.5 Å². The number of nitrogens with zero attached hydrogens (tertiary/aromatic N) is 2. The summed E-state index contributed by atoms with van der Waals surface area (Å²) in [6.45, 7) is 18.9. The molecule has 240 valence electrons. The number of aliphatic hydroxyl groups is 1. The lowest BCUT2D eigenvalue weighted by molar-refractivity contribution is 0.0912. The first-order valence-corrected chi connectivity index (χ1v) is 16.2. The molecule has 0 aromatic heterocycles. The molecule has 2 aliphatic heterocycles. The highest BCUT2D eigenvalue weighted by Crippen LogP contribution is 2.51. The number of hydrogen-bond donors (Lipinski definition) is 1. The molecule has 2 aliphatic rings. The molecule has 7 heteroatoms. The second-order valence-corrected chi connectivity index (χ2v) is 13.3. The van der Waals surface area contributed by atoms with Crippen molar-refractivity contribution < 1.29 is 23.8 Å². The van der Waals surface area contributed by atoms with Crippen molar-refractivity contribution >= 4 is 17.2 Å². The maximum Gasteiger partial charge on any atom is 0.197 e. The van der Waals surface area contributed by atoms with Crippen molar-refractivity contribution in [1.82, 2.24) is 4.90 Å². The average Bonchev–Trinajstić information content (AvgIpc) is 3.17. The quantitative estimate of drug-likeness (QED) is 0.218. The molecule has 0 saturated carbocycles. The van der Waals surface area contributed by atoms with Gasteiger partial charge in [-0.15, -0.1) is 0 Å². The number of benzene rings is 2. The van der Waals surface area contributed by atoms with E-state index in [2.05, 4.69) is 37.8 Å². The molecule has 0 radical (unpaired) electrons. The van der Waals surface area contributed by atoms with Crippen LogP contribution in [0.3, 0.4) is 0 Å². The van der Waals surface area contributed by atoms with Gasteiger partial charge in [0.05, 0.1) is 25.3 Å². The number of allylic oxidation sites excluding steroid dienone is 1.